The first kappa shape index (κ1) is 18.2. The van der Waals surface area contributed by atoms with Crippen LogP contribution in [0.15, 0.2) is 36.5 Å². The summed E-state index contributed by atoms with van der Waals surface area (Å²) in [5.74, 6) is -1.07. The zero-order valence-electron chi connectivity index (χ0n) is 13.8. The Morgan fingerprint density at radius 1 is 1.19 bits per heavy atom. The maximum absolute atomic E-state index is 12.9. The van der Waals surface area contributed by atoms with E-state index in [1.165, 1.54) is 12.1 Å². The highest BCUT2D eigenvalue weighted by Gasteiger charge is 2.40. The van der Waals surface area contributed by atoms with Gasteiger partial charge in [0.05, 0.1) is 24.8 Å². The molecule has 1 aromatic rings. The number of nitrogens with one attached hydrogen (secondary N) is 2. The number of benzene rings is 1. The van der Waals surface area contributed by atoms with Crippen LogP contribution in [0.2, 0.25) is 0 Å². The molecule has 2 fully saturated rings. The third-order valence-electron chi connectivity index (χ3n) is 4.46. The zero-order chi connectivity index (χ0) is 18.9. The van der Waals surface area contributed by atoms with Crippen molar-refractivity contribution in [3.05, 3.63) is 47.7 Å². The summed E-state index contributed by atoms with van der Waals surface area (Å²) in [7, 11) is 0. The minimum Gasteiger partial charge on any atom is -0.378 e. The molecule has 3 rings (SSSR count). The molecule has 0 unspecified atom stereocenters. The highest BCUT2D eigenvalue weighted by Crippen LogP contribution is 2.34. The highest BCUT2D eigenvalue weighted by molar-refractivity contribution is 5.88. The summed E-state index contributed by atoms with van der Waals surface area (Å²) in [6.07, 6.45) is -4.46. The van der Waals surface area contributed by atoms with Gasteiger partial charge in [-0.15, -0.1) is 0 Å². The smallest absolute Gasteiger partial charge is 0.378 e. The number of halogens is 3. The lowest BCUT2D eigenvalue weighted by Gasteiger charge is -2.38. The second-order valence-electron chi connectivity index (χ2n) is 6.14. The van der Waals surface area contributed by atoms with Gasteiger partial charge in [-0.2, -0.15) is 13.2 Å². The molecule has 6 nitrogen and oxygen atoms in total. The summed E-state index contributed by atoms with van der Waals surface area (Å²) in [4.78, 5) is 26.3. The van der Waals surface area contributed by atoms with Crippen molar-refractivity contribution in [2.75, 3.05) is 26.3 Å². The second-order valence-corrected chi connectivity index (χ2v) is 6.14. The SMILES string of the molecule is C=C1NC(=O)N[C@H](c2ccc(C(F)(F)F)cc2)[C@@H]1C(=O)N1CCOCC1. The van der Waals surface area contributed by atoms with Crippen molar-refractivity contribution < 1.29 is 27.5 Å². The van der Waals surface area contributed by atoms with E-state index in [0.29, 0.717) is 31.9 Å². The molecule has 0 aromatic heterocycles. The second kappa shape index (κ2) is 6.99. The van der Waals surface area contributed by atoms with Gasteiger partial charge in [0.25, 0.3) is 0 Å². The van der Waals surface area contributed by atoms with E-state index in [2.05, 4.69) is 17.2 Å². The van der Waals surface area contributed by atoms with Crippen molar-refractivity contribution in [2.24, 2.45) is 5.92 Å². The molecule has 1 aromatic carbocycles. The number of hydrogen-bond acceptors (Lipinski definition) is 3. The number of alkyl halides is 3. The predicted molar refractivity (Wildman–Crippen MR) is 85.9 cm³/mol. The molecule has 0 bridgehead atoms. The maximum Gasteiger partial charge on any atom is 0.416 e. The molecular weight excluding hydrogens is 351 g/mol. The molecule has 2 aliphatic heterocycles. The zero-order valence-corrected chi connectivity index (χ0v) is 13.8. The van der Waals surface area contributed by atoms with E-state index in [4.69, 9.17) is 4.74 Å². The van der Waals surface area contributed by atoms with E-state index in [-0.39, 0.29) is 11.6 Å². The van der Waals surface area contributed by atoms with Crippen molar-refractivity contribution in [3.63, 3.8) is 0 Å². The molecule has 2 aliphatic rings. The standard InChI is InChI=1S/C17H18F3N3O3/c1-10-13(15(24)23-6-8-26-9-7-23)14(22-16(25)21-10)11-2-4-12(5-3-11)17(18,19)20/h2-5,13-14H,1,6-9H2,(H2,21,22,25)/t13-,14-/m1/s1. The van der Waals surface area contributed by atoms with Crippen molar-refractivity contribution >= 4 is 11.9 Å². The molecule has 2 heterocycles. The Morgan fingerprint density at radius 3 is 2.38 bits per heavy atom. The Hall–Kier alpha value is -2.55. The van der Waals surface area contributed by atoms with Gasteiger partial charge < -0.3 is 20.3 Å². The minimum atomic E-state index is -4.46. The molecule has 2 saturated heterocycles. The quantitative estimate of drug-likeness (QED) is 0.838. The Bertz CT molecular complexity index is 712. The average Bonchev–Trinajstić information content (AvgIpc) is 2.61. The fourth-order valence-electron chi connectivity index (χ4n) is 3.11. The fourth-order valence-corrected chi connectivity index (χ4v) is 3.11. The van der Waals surface area contributed by atoms with Crippen LogP contribution in [-0.2, 0) is 15.7 Å². The van der Waals surface area contributed by atoms with Gasteiger partial charge in [-0.1, -0.05) is 18.7 Å². The molecule has 9 heteroatoms. The summed E-state index contributed by atoms with van der Waals surface area (Å²) >= 11 is 0. The van der Waals surface area contributed by atoms with Crippen LogP contribution in [0.3, 0.4) is 0 Å². The normalized spacial score (nSPS) is 24.0. The molecule has 0 radical (unpaired) electrons. The minimum absolute atomic E-state index is 0.218. The molecular formula is C17H18F3N3O3. The Kier molecular flexibility index (Phi) is 4.90. The number of carbonyl (C=O) groups excluding carboxylic acids is 2. The molecule has 140 valence electrons. The first-order valence-electron chi connectivity index (χ1n) is 8.07. The van der Waals surface area contributed by atoms with Crippen LogP contribution in [0.1, 0.15) is 17.2 Å². The topological polar surface area (TPSA) is 70.7 Å². The number of urea groups is 1. The molecule has 0 spiro atoms. The third-order valence-corrected chi connectivity index (χ3v) is 4.46. The van der Waals surface area contributed by atoms with E-state index >= 15 is 0 Å². The van der Waals surface area contributed by atoms with Crippen LogP contribution >= 0.6 is 0 Å². The number of carbonyl (C=O) groups is 2. The maximum atomic E-state index is 12.9. The lowest BCUT2D eigenvalue weighted by Crippen LogP contribution is -2.55. The summed E-state index contributed by atoms with van der Waals surface area (Å²) in [5.41, 5.74) is -0.174. The van der Waals surface area contributed by atoms with E-state index in [0.717, 1.165) is 12.1 Å². The van der Waals surface area contributed by atoms with Gasteiger partial charge in [-0.25, -0.2) is 4.79 Å². The number of hydrogen-bond donors (Lipinski definition) is 2. The summed E-state index contributed by atoms with van der Waals surface area (Å²) in [6.45, 7) is 5.41. The van der Waals surface area contributed by atoms with Crippen LogP contribution in [0.4, 0.5) is 18.0 Å². The molecule has 2 N–H and O–H groups in total. The van der Waals surface area contributed by atoms with Gasteiger partial charge >= 0.3 is 12.2 Å². The van der Waals surface area contributed by atoms with Gasteiger partial charge in [0.15, 0.2) is 0 Å². The molecule has 0 aliphatic carbocycles. The predicted octanol–water partition coefficient (Wildman–Crippen LogP) is 2.05. The van der Waals surface area contributed by atoms with Gasteiger partial charge in [0, 0.05) is 18.8 Å². The van der Waals surface area contributed by atoms with Gasteiger partial charge in [-0.05, 0) is 17.7 Å². The van der Waals surface area contributed by atoms with Crippen LogP contribution < -0.4 is 10.6 Å². The Labute approximate surface area is 148 Å². The summed E-state index contributed by atoms with van der Waals surface area (Å²) in [5, 5.41) is 5.10. The lowest BCUT2D eigenvalue weighted by atomic mass is 9.87. The first-order valence-corrected chi connectivity index (χ1v) is 8.07. The van der Waals surface area contributed by atoms with Crippen molar-refractivity contribution in [2.45, 2.75) is 12.2 Å². The summed E-state index contributed by atoms with van der Waals surface area (Å²) < 4.78 is 43.5. The van der Waals surface area contributed by atoms with Crippen LogP contribution in [0.5, 0.6) is 0 Å². The average molecular weight is 369 g/mol. The van der Waals surface area contributed by atoms with Crippen molar-refractivity contribution in [1.29, 1.82) is 0 Å². The van der Waals surface area contributed by atoms with Crippen molar-refractivity contribution in [3.8, 4) is 0 Å². The fraction of sp³-hybridized carbons (Fsp3) is 0.412. The van der Waals surface area contributed by atoms with E-state index in [1.54, 1.807) is 4.90 Å². The summed E-state index contributed by atoms with van der Waals surface area (Å²) in [6, 6.07) is 3.06. The van der Waals surface area contributed by atoms with E-state index < -0.39 is 29.7 Å². The molecule has 2 atom stereocenters. The number of nitrogens with zero attached hydrogens (tertiary/aromatic N) is 1. The van der Waals surface area contributed by atoms with Gasteiger partial charge in [0.2, 0.25) is 5.91 Å². The monoisotopic (exact) mass is 369 g/mol. The van der Waals surface area contributed by atoms with E-state index in [1.807, 2.05) is 0 Å². The number of morpholine rings is 1. The third kappa shape index (κ3) is 3.67. The van der Waals surface area contributed by atoms with Gasteiger partial charge in [0.1, 0.15) is 5.92 Å². The van der Waals surface area contributed by atoms with Crippen molar-refractivity contribution in [1.82, 2.24) is 15.5 Å². The van der Waals surface area contributed by atoms with Gasteiger partial charge in [-0.3, -0.25) is 4.79 Å². The lowest BCUT2D eigenvalue weighted by molar-refractivity contribution is -0.140. The van der Waals surface area contributed by atoms with Crippen LogP contribution in [0, 0.1) is 5.92 Å². The van der Waals surface area contributed by atoms with Crippen LogP contribution in [-0.4, -0.2) is 43.1 Å². The molecule has 26 heavy (non-hydrogen) atoms. The molecule has 3 amide bonds. The highest BCUT2D eigenvalue weighted by atomic mass is 19.4. The first-order chi connectivity index (χ1) is 12.3. The largest absolute Gasteiger partial charge is 0.416 e. The number of ether oxygens (including phenoxy) is 1. The Balaban J connectivity index is 1.89. The van der Waals surface area contributed by atoms with E-state index in [9.17, 15) is 22.8 Å². The van der Waals surface area contributed by atoms with Crippen LogP contribution in [0.25, 0.3) is 0 Å². The number of amides is 3. The Morgan fingerprint density at radius 2 is 1.81 bits per heavy atom. The molecule has 0 saturated carbocycles. The number of rotatable bonds is 2.